The topological polar surface area (TPSA) is 80.7 Å². The van der Waals surface area contributed by atoms with Gasteiger partial charge in [-0.25, -0.2) is 4.98 Å². The average Bonchev–Trinajstić information content (AvgIpc) is 2.61. The number of rotatable bonds is 8. The van der Waals surface area contributed by atoms with Crippen LogP contribution in [0.2, 0.25) is 5.02 Å². The van der Waals surface area contributed by atoms with Gasteiger partial charge in [-0.2, -0.15) is 8.78 Å². The number of amides is 1. The molecule has 0 saturated heterocycles. The van der Waals surface area contributed by atoms with Crippen LogP contribution in [0.5, 0.6) is 11.6 Å². The number of nitrogens with zero attached hydrogens (tertiary/aromatic N) is 1. The quantitative estimate of drug-likeness (QED) is 0.707. The monoisotopic (exact) mass is 400 g/mol. The molecular weight excluding hydrogens is 382 g/mol. The van der Waals surface area contributed by atoms with E-state index >= 15 is 0 Å². The van der Waals surface area contributed by atoms with E-state index < -0.39 is 18.6 Å². The maximum absolute atomic E-state index is 12.2. The molecule has 1 amide bonds. The number of aliphatic hydroxyl groups excluding tert-OH is 1. The van der Waals surface area contributed by atoms with Crippen LogP contribution in [0.15, 0.2) is 36.5 Å². The van der Waals surface area contributed by atoms with Gasteiger partial charge in [0.15, 0.2) is 0 Å². The summed E-state index contributed by atoms with van der Waals surface area (Å²) >= 11 is 6.04. The van der Waals surface area contributed by atoms with Crippen LogP contribution in [-0.4, -0.2) is 35.3 Å². The average molecular weight is 401 g/mol. The van der Waals surface area contributed by atoms with E-state index in [4.69, 9.17) is 16.3 Å². The van der Waals surface area contributed by atoms with Crippen molar-refractivity contribution in [3.8, 4) is 11.6 Å². The molecular formula is C18H19ClF2N2O4. The Hall–Kier alpha value is -2.45. The normalized spacial score (nSPS) is 12.1. The summed E-state index contributed by atoms with van der Waals surface area (Å²) in [5.74, 6) is -0.263. The molecule has 0 aliphatic heterocycles. The fraction of sp³-hybridized carbons (Fsp3) is 0.333. The molecule has 27 heavy (non-hydrogen) atoms. The third kappa shape index (κ3) is 6.33. The van der Waals surface area contributed by atoms with Gasteiger partial charge in [0.05, 0.1) is 17.8 Å². The highest BCUT2D eigenvalue weighted by Crippen LogP contribution is 2.23. The summed E-state index contributed by atoms with van der Waals surface area (Å²) in [6.45, 7) is 0.645. The number of halogens is 3. The van der Waals surface area contributed by atoms with E-state index in [9.17, 15) is 18.7 Å². The van der Waals surface area contributed by atoms with Crippen molar-refractivity contribution in [1.82, 2.24) is 10.3 Å². The summed E-state index contributed by atoms with van der Waals surface area (Å²) < 4.78 is 33.9. The molecule has 0 aliphatic carbocycles. The van der Waals surface area contributed by atoms with Crippen molar-refractivity contribution in [2.24, 2.45) is 0 Å². The number of hydrogen-bond acceptors (Lipinski definition) is 5. The molecule has 6 nitrogen and oxygen atoms in total. The van der Waals surface area contributed by atoms with Crippen molar-refractivity contribution in [3.63, 3.8) is 0 Å². The van der Waals surface area contributed by atoms with Gasteiger partial charge >= 0.3 is 6.61 Å². The first-order valence-electron chi connectivity index (χ1n) is 8.09. The van der Waals surface area contributed by atoms with Crippen molar-refractivity contribution in [2.45, 2.75) is 32.7 Å². The molecule has 1 atom stereocenters. The highest BCUT2D eigenvalue weighted by atomic mass is 35.5. The van der Waals surface area contributed by atoms with Crippen LogP contribution in [0.25, 0.3) is 0 Å². The number of benzene rings is 1. The van der Waals surface area contributed by atoms with Gasteiger partial charge in [-0.15, -0.1) is 0 Å². The third-order valence-electron chi connectivity index (χ3n) is 3.36. The third-order valence-corrected chi connectivity index (χ3v) is 3.63. The molecule has 0 spiro atoms. The van der Waals surface area contributed by atoms with E-state index in [0.717, 1.165) is 0 Å². The van der Waals surface area contributed by atoms with Gasteiger partial charge in [-0.3, -0.25) is 4.79 Å². The summed E-state index contributed by atoms with van der Waals surface area (Å²) in [4.78, 5) is 16.2. The second-order valence-electron chi connectivity index (χ2n) is 5.85. The van der Waals surface area contributed by atoms with E-state index in [2.05, 4.69) is 15.0 Å². The number of alkyl halides is 2. The Morgan fingerprint density at radius 2 is 1.93 bits per heavy atom. The van der Waals surface area contributed by atoms with Crippen LogP contribution < -0.4 is 14.8 Å². The maximum atomic E-state index is 12.2. The van der Waals surface area contributed by atoms with Crippen LogP contribution in [0.4, 0.5) is 8.78 Å². The summed E-state index contributed by atoms with van der Waals surface area (Å²) in [5.41, 5.74) is 0.651. The van der Waals surface area contributed by atoms with Gasteiger partial charge < -0.3 is 19.9 Å². The predicted molar refractivity (Wildman–Crippen MR) is 95.4 cm³/mol. The number of pyridine rings is 1. The summed E-state index contributed by atoms with van der Waals surface area (Å²) in [6.07, 6.45) is 0.186. The van der Waals surface area contributed by atoms with E-state index in [0.29, 0.717) is 5.56 Å². The first kappa shape index (κ1) is 20.9. The van der Waals surface area contributed by atoms with Gasteiger partial charge in [-0.1, -0.05) is 23.7 Å². The van der Waals surface area contributed by atoms with Gasteiger partial charge in [0, 0.05) is 12.7 Å². The zero-order valence-corrected chi connectivity index (χ0v) is 15.4. The van der Waals surface area contributed by atoms with Crippen LogP contribution in [-0.2, 0) is 0 Å². The molecule has 2 rings (SSSR count). The molecule has 0 radical (unpaired) electrons. The SMILES string of the molecule is CC(C)Oc1ncc(C(=O)NCC(O)c2ccc(OC(F)F)cc2)cc1Cl. The first-order valence-corrected chi connectivity index (χ1v) is 8.47. The molecule has 1 aromatic carbocycles. The number of aromatic nitrogens is 1. The molecule has 1 heterocycles. The zero-order chi connectivity index (χ0) is 20.0. The number of hydrogen-bond donors (Lipinski definition) is 2. The number of carbonyl (C=O) groups is 1. The van der Waals surface area contributed by atoms with Crippen LogP contribution in [0.3, 0.4) is 0 Å². The second kappa shape index (κ2) is 9.48. The molecule has 9 heteroatoms. The smallest absolute Gasteiger partial charge is 0.387 e. The molecule has 1 aromatic heterocycles. The van der Waals surface area contributed by atoms with Crippen molar-refractivity contribution < 1.29 is 28.2 Å². The summed E-state index contributed by atoms with van der Waals surface area (Å²) in [5, 5.41) is 12.9. The standard InChI is InChI=1S/C18H19ClF2N2O4/c1-10(2)26-17-14(19)7-12(8-23-17)16(25)22-9-15(24)11-3-5-13(6-4-11)27-18(20)21/h3-8,10,15,18,24H,9H2,1-2H3,(H,22,25). The van der Waals surface area contributed by atoms with Crippen molar-refractivity contribution in [2.75, 3.05) is 6.54 Å². The first-order chi connectivity index (χ1) is 12.8. The highest BCUT2D eigenvalue weighted by molar-refractivity contribution is 6.32. The fourth-order valence-electron chi connectivity index (χ4n) is 2.14. The van der Waals surface area contributed by atoms with Gasteiger partial charge in [0.25, 0.3) is 5.91 Å². The van der Waals surface area contributed by atoms with Crippen molar-refractivity contribution >= 4 is 17.5 Å². The van der Waals surface area contributed by atoms with E-state index in [1.54, 1.807) is 0 Å². The van der Waals surface area contributed by atoms with Crippen LogP contribution in [0, 0.1) is 0 Å². The Labute approximate surface area is 160 Å². The molecule has 0 bridgehead atoms. The van der Waals surface area contributed by atoms with Crippen molar-refractivity contribution in [3.05, 3.63) is 52.7 Å². The van der Waals surface area contributed by atoms with E-state index in [1.807, 2.05) is 13.8 Å². The Balaban J connectivity index is 1.93. The van der Waals surface area contributed by atoms with E-state index in [1.165, 1.54) is 36.5 Å². The molecule has 1 unspecified atom stereocenters. The lowest BCUT2D eigenvalue weighted by molar-refractivity contribution is -0.0498. The maximum Gasteiger partial charge on any atom is 0.387 e. The summed E-state index contributed by atoms with van der Waals surface area (Å²) in [6, 6.07) is 6.91. The minimum absolute atomic E-state index is 0.0191. The Kier molecular flexibility index (Phi) is 7.32. The molecule has 2 aromatic rings. The highest BCUT2D eigenvalue weighted by Gasteiger charge is 2.14. The second-order valence-corrected chi connectivity index (χ2v) is 6.26. The van der Waals surface area contributed by atoms with Gasteiger partial charge in [0.1, 0.15) is 10.8 Å². The number of aliphatic hydroxyl groups is 1. The Morgan fingerprint density at radius 1 is 1.26 bits per heavy atom. The minimum atomic E-state index is -2.92. The summed E-state index contributed by atoms with van der Waals surface area (Å²) in [7, 11) is 0. The van der Waals surface area contributed by atoms with Crippen molar-refractivity contribution in [1.29, 1.82) is 0 Å². The zero-order valence-electron chi connectivity index (χ0n) is 14.7. The number of ether oxygens (including phenoxy) is 2. The lowest BCUT2D eigenvalue weighted by Gasteiger charge is -2.14. The predicted octanol–water partition coefficient (Wildman–Crippen LogP) is 3.59. The van der Waals surface area contributed by atoms with Crippen LogP contribution in [0.1, 0.15) is 35.9 Å². The largest absolute Gasteiger partial charge is 0.474 e. The molecule has 0 aliphatic rings. The number of nitrogens with one attached hydrogen (secondary N) is 1. The molecule has 0 fully saturated rings. The lowest BCUT2D eigenvalue weighted by Crippen LogP contribution is -2.28. The Morgan fingerprint density at radius 3 is 2.48 bits per heavy atom. The van der Waals surface area contributed by atoms with Crippen LogP contribution >= 0.6 is 11.6 Å². The van der Waals surface area contributed by atoms with Gasteiger partial charge in [-0.05, 0) is 37.6 Å². The number of carbonyl (C=O) groups excluding carboxylic acids is 1. The lowest BCUT2D eigenvalue weighted by atomic mass is 10.1. The molecule has 0 saturated carbocycles. The van der Waals surface area contributed by atoms with Gasteiger partial charge in [0.2, 0.25) is 5.88 Å². The molecule has 2 N–H and O–H groups in total. The minimum Gasteiger partial charge on any atom is -0.474 e. The van der Waals surface area contributed by atoms with E-state index in [-0.39, 0.29) is 34.9 Å². The Bertz CT molecular complexity index is 772. The molecule has 146 valence electrons. The fourth-order valence-corrected chi connectivity index (χ4v) is 2.35.